The Balaban J connectivity index is 1.82. The topological polar surface area (TPSA) is 79.2 Å². The fourth-order valence-corrected chi connectivity index (χ4v) is 2.34. The lowest BCUT2D eigenvalue weighted by Crippen LogP contribution is -2.48. The number of carbonyl (C=O) groups is 2. The molecule has 138 valence electrons. The van der Waals surface area contributed by atoms with Crippen LogP contribution in [0.4, 0.5) is 13.2 Å². The zero-order chi connectivity index (χ0) is 19.4. The first kappa shape index (κ1) is 19.5. The second-order valence-corrected chi connectivity index (χ2v) is 6.20. The quantitative estimate of drug-likeness (QED) is 0.620. The van der Waals surface area contributed by atoms with Crippen LogP contribution in [-0.2, 0) is 20.5 Å². The fraction of sp³-hybridized carbons (Fsp3) is 0.389. The number of rotatable bonds is 6. The molecular weight excluding hydrogens is 349 g/mol. The molecule has 0 radical (unpaired) electrons. The molecule has 1 N–H and O–H groups in total. The molecule has 26 heavy (non-hydrogen) atoms. The number of nitrogens with one attached hydrogen (secondary N) is 1. The molecule has 0 spiro atoms. The van der Waals surface area contributed by atoms with Crippen LogP contribution in [0.3, 0.4) is 0 Å². The fourth-order valence-electron chi connectivity index (χ4n) is 2.34. The van der Waals surface area contributed by atoms with Crippen molar-refractivity contribution in [3.63, 3.8) is 0 Å². The van der Waals surface area contributed by atoms with Crippen molar-refractivity contribution in [2.45, 2.75) is 31.5 Å². The highest BCUT2D eigenvalue weighted by molar-refractivity contribution is 5.89. The third kappa shape index (κ3) is 5.34. The minimum Gasteiger partial charge on any atom is -0.452 e. The van der Waals surface area contributed by atoms with Gasteiger partial charge in [-0.2, -0.15) is 18.4 Å². The Labute approximate surface area is 148 Å². The Morgan fingerprint density at radius 2 is 1.92 bits per heavy atom. The van der Waals surface area contributed by atoms with E-state index in [1.54, 1.807) is 6.92 Å². The van der Waals surface area contributed by atoms with Gasteiger partial charge in [0.05, 0.1) is 11.6 Å². The summed E-state index contributed by atoms with van der Waals surface area (Å²) in [6.45, 7) is 1.08. The number of ether oxygens (including phenoxy) is 1. The molecule has 2 rings (SSSR count). The highest BCUT2D eigenvalue weighted by Gasteiger charge is 2.43. The number of amides is 1. The van der Waals surface area contributed by atoms with Crippen molar-refractivity contribution < 1.29 is 27.5 Å². The van der Waals surface area contributed by atoms with Gasteiger partial charge in [0, 0.05) is 6.08 Å². The van der Waals surface area contributed by atoms with Crippen molar-refractivity contribution in [3.8, 4) is 6.07 Å². The molecule has 0 unspecified atom stereocenters. The molecule has 1 fully saturated rings. The Hall–Kier alpha value is -2.82. The first-order valence-electron chi connectivity index (χ1n) is 7.88. The lowest BCUT2D eigenvalue weighted by molar-refractivity contribution is -0.144. The highest BCUT2D eigenvalue weighted by Crippen LogP contribution is 2.39. The van der Waals surface area contributed by atoms with E-state index in [2.05, 4.69) is 11.4 Å². The van der Waals surface area contributed by atoms with Crippen molar-refractivity contribution in [2.24, 2.45) is 5.92 Å². The van der Waals surface area contributed by atoms with Gasteiger partial charge in [-0.05, 0) is 49.5 Å². The zero-order valence-electron chi connectivity index (χ0n) is 14.0. The predicted octanol–water partition coefficient (Wildman–Crippen LogP) is 3.07. The molecule has 1 aromatic carbocycles. The van der Waals surface area contributed by atoms with E-state index in [9.17, 15) is 22.8 Å². The van der Waals surface area contributed by atoms with Crippen LogP contribution in [-0.4, -0.2) is 24.0 Å². The Morgan fingerprint density at radius 1 is 1.31 bits per heavy atom. The van der Waals surface area contributed by atoms with Gasteiger partial charge in [0.2, 0.25) is 0 Å². The molecule has 1 saturated carbocycles. The largest absolute Gasteiger partial charge is 0.452 e. The van der Waals surface area contributed by atoms with Gasteiger partial charge < -0.3 is 10.1 Å². The van der Waals surface area contributed by atoms with Crippen LogP contribution in [0.15, 0.2) is 30.3 Å². The van der Waals surface area contributed by atoms with E-state index in [1.807, 2.05) is 0 Å². The summed E-state index contributed by atoms with van der Waals surface area (Å²) >= 11 is 0. The predicted molar refractivity (Wildman–Crippen MR) is 86.3 cm³/mol. The summed E-state index contributed by atoms with van der Waals surface area (Å²) in [7, 11) is 0. The summed E-state index contributed by atoms with van der Waals surface area (Å²) < 4.78 is 42.1. The van der Waals surface area contributed by atoms with Gasteiger partial charge in [-0.25, -0.2) is 4.79 Å². The van der Waals surface area contributed by atoms with E-state index in [1.165, 1.54) is 18.2 Å². The summed E-state index contributed by atoms with van der Waals surface area (Å²) in [6.07, 6.45) is -0.406. The second-order valence-electron chi connectivity index (χ2n) is 6.20. The third-order valence-electron chi connectivity index (χ3n) is 4.02. The van der Waals surface area contributed by atoms with Gasteiger partial charge in [-0.15, -0.1) is 0 Å². The van der Waals surface area contributed by atoms with Crippen LogP contribution in [0, 0.1) is 17.2 Å². The number of hydrogen-bond donors (Lipinski definition) is 1. The van der Waals surface area contributed by atoms with Crippen LogP contribution < -0.4 is 5.32 Å². The van der Waals surface area contributed by atoms with E-state index in [-0.39, 0.29) is 5.92 Å². The molecular formula is C18H17F3N2O3. The number of esters is 1. The van der Waals surface area contributed by atoms with E-state index in [4.69, 9.17) is 10.00 Å². The van der Waals surface area contributed by atoms with Gasteiger partial charge in [0.1, 0.15) is 5.54 Å². The SMILES string of the molecule is C[C@](C#N)(NC(=O)COC(=O)/C=C/c1ccc(C(F)(F)F)cc1)C1CC1. The van der Waals surface area contributed by atoms with Crippen molar-refractivity contribution in [3.05, 3.63) is 41.5 Å². The van der Waals surface area contributed by atoms with Crippen molar-refractivity contribution in [2.75, 3.05) is 6.61 Å². The lowest BCUT2D eigenvalue weighted by Gasteiger charge is -2.22. The van der Waals surface area contributed by atoms with E-state index in [0.717, 1.165) is 31.1 Å². The molecule has 1 atom stereocenters. The average molecular weight is 366 g/mol. The molecule has 0 aliphatic heterocycles. The van der Waals surface area contributed by atoms with Gasteiger partial charge >= 0.3 is 12.1 Å². The minimum atomic E-state index is -4.42. The Bertz CT molecular complexity index is 746. The summed E-state index contributed by atoms with van der Waals surface area (Å²) in [5.41, 5.74) is -1.38. The number of benzene rings is 1. The van der Waals surface area contributed by atoms with Gasteiger partial charge in [-0.3, -0.25) is 4.79 Å². The summed E-state index contributed by atoms with van der Waals surface area (Å²) in [5.74, 6) is -1.30. The number of hydrogen-bond acceptors (Lipinski definition) is 4. The third-order valence-corrected chi connectivity index (χ3v) is 4.02. The average Bonchev–Trinajstić information content (AvgIpc) is 3.43. The summed E-state index contributed by atoms with van der Waals surface area (Å²) in [5, 5.41) is 11.7. The molecule has 8 heteroatoms. The minimum absolute atomic E-state index is 0.103. The first-order chi connectivity index (χ1) is 12.1. The lowest BCUT2D eigenvalue weighted by atomic mass is 9.98. The molecule has 0 saturated heterocycles. The normalized spacial score (nSPS) is 16.6. The molecule has 5 nitrogen and oxygen atoms in total. The zero-order valence-corrected chi connectivity index (χ0v) is 14.0. The first-order valence-corrected chi connectivity index (χ1v) is 7.88. The summed E-state index contributed by atoms with van der Waals surface area (Å²) in [6, 6.07) is 6.29. The van der Waals surface area contributed by atoms with Crippen LogP contribution in [0.5, 0.6) is 0 Å². The van der Waals surface area contributed by atoms with Crippen LogP contribution in [0.25, 0.3) is 6.08 Å². The maximum atomic E-state index is 12.5. The van der Waals surface area contributed by atoms with Crippen molar-refractivity contribution in [1.82, 2.24) is 5.32 Å². The molecule has 1 aliphatic rings. The van der Waals surface area contributed by atoms with Crippen molar-refractivity contribution in [1.29, 1.82) is 5.26 Å². The highest BCUT2D eigenvalue weighted by atomic mass is 19.4. The maximum absolute atomic E-state index is 12.5. The molecule has 1 amide bonds. The van der Waals surface area contributed by atoms with E-state index in [0.29, 0.717) is 5.56 Å². The molecule has 0 bridgehead atoms. The number of carbonyl (C=O) groups excluding carboxylic acids is 2. The van der Waals surface area contributed by atoms with Gasteiger partial charge in [-0.1, -0.05) is 12.1 Å². The number of nitrogens with zero attached hydrogens (tertiary/aromatic N) is 1. The Kier molecular flexibility index (Phi) is 5.70. The molecule has 0 heterocycles. The standard InChI is InChI=1S/C18H17F3N2O3/c1-17(11-22,13-7-8-13)23-15(24)10-26-16(25)9-4-12-2-5-14(6-3-12)18(19,20)21/h2-6,9,13H,7-8,10H2,1H3,(H,23,24)/b9-4+/t17-/m1/s1. The van der Waals surface area contributed by atoms with Gasteiger partial charge in [0.15, 0.2) is 6.61 Å². The second kappa shape index (κ2) is 7.60. The maximum Gasteiger partial charge on any atom is 0.416 e. The monoisotopic (exact) mass is 366 g/mol. The number of nitriles is 1. The molecule has 1 aliphatic carbocycles. The molecule has 1 aromatic rings. The van der Waals surface area contributed by atoms with Gasteiger partial charge in [0.25, 0.3) is 5.91 Å². The van der Waals surface area contributed by atoms with Crippen molar-refractivity contribution >= 4 is 18.0 Å². The van der Waals surface area contributed by atoms with E-state index < -0.39 is 35.8 Å². The number of alkyl halides is 3. The Morgan fingerprint density at radius 3 is 2.42 bits per heavy atom. The number of halogens is 3. The van der Waals surface area contributed by atoms with Crippen LogP contribution in [0.1, 0.15) is 30.9 Å². The van der Waals surface area contributed by atoms with Crippen LogP contribution >= 0.6 is 0 Å². The van der Waals surface area contributed by atoms with E-state index >= 15 is 0 Å². The van der Waals surface area contributed by atoms with Crippen LogP contribution in [0.2, 0.25) is 0 Å². The molecule has 0 aromatic heterocycles. The smallest absolute Gasteiger partial charge is 0.416 e. The summed E-state index contributed by atoms with van der Waals surface area (Å²) in [4.78, 5) is 23.4.